The van der Waals surface area contributed by atoms with E-state index in [-0.39, 0.29) is 0 Å². The Balaban J connectivity index is 3.71. The minimum Gasteiger partial charge on any atom is -0.390 e. The zero-order valence-electron chi connectivity index (χ0n) is 17.7. The van der Waals surface area contributed by atoms with Crippen molar-refractivity contribution in [2.24, 2.45) is 0 Å². The van der Waals surface area contributed by atoms with Crippen LogP contribution in [0, 0.1) is 0 Å². The normalized spacial score (nSPS) is 13.3. The molecule has 0 radical (unpaired) electrons. The van der Waals surface area contributed by atoms with Gasteiger partial charge in [0.2, 0.25) is 0 Å². The van der Waals surface area contributed by atoms with Crippen LogP contribution < -0.4 is 0 Å². The third kappa shape index (κ3) is 14.7. The van der Waals surface area contributed by atoms with E-state index in [1.54, 1.807) is 6.92 Å². The molecule has 0 aromatic rings. The van der Waals surface area contributed by atoms with Gasteiger partial charge in [-0.1, -0.05) is 117 Å². The first kappa shape index (κ1) is 24.9. The van der Waals surface area contributed by atoms with Crippen molar-refractivity contribution in [3.63, 3.8) is 0 Å². The second-order valence-corrected chi connectivity index (χ2v) is 8.23. The second kappa shape index (κ2) is 17.3. The predicted molar refractivity (Wildman–Crippen MR) is 111 cm³/mol. The second-order valence-electron chi connectivity index (χ2n) is 8.23. The number of rotatable bonds is 19. The minimum atomic E-state index is -0.857. The van der Waals surface area contributed by atoms with Gasteiger partial charge in [-0.25, -0.2) is 0 Å². The summed E-state index contributed by atoms with van der Waals surface area (Å²) < 4.78 is 0. The van der Waals surface area contributed by atoms with Gasteiger partial charge in [0.05, 0.1) is 11.7 Å². The predicted octanol–water partition coefficient (Wildman–Crippen LogP) is 7.16. The highest BCUT2D eigenvalue weighted by Crippen LogP contribution is 2.27. The Morgan fingerprint density at radius 1 is 0.560 bits per heavy atom. The lowest BCUT2D eigenvalue weighted by molar-refractivity contribution is -0.0798. The summed E-state index contributed by atoms with van der Waals surface area (Å²) in [7, 11) is 0. The Morgan fingerprint density at radius 2 is 0.840 bits per heavy atom. The van der Waals surface area contributed by atoms with Crippen molar-refractivity contribution in [3.05, 3.63) is 0 Å². The zero-order valence-corrected chi connectivity index (χ0v) is 17.7. The van der Waals surface area contributed by atoms with Crippen molar-refractivity contribution in [2.45, 2.75) is 148 Å². The van der Waals surface area contributed by atoms with Gasteiger partial charge in [-0.05, 0) is 19.8 Å². The van der Waals surface area contributed by atoms with Gasteiger partial charge in [0.15, 0.2) is 0 Å². The first-order chi connectivity index (χ1) is 12.1. The SMILES string of the molecule is CCCCCCCCCCC(O)(CCCCCCCCCC)C(C)O. The van der Waals surface area contributed by atoms with Crippen molar-refractivity contribution >= 4 is 0 Å². The smallest absolute Gasteiger partial charge is 0.0902 e. The number of hydrogen-bond acceptors (Lipinski definition) is 2. The molecule has 0 spiro atoms. The van der Waals surface area contributed by atoms with E-state index < -0.39 is 11.7 Å². The Hall–Kier alpha value is -0.0800. The largest absolute Gasteiger partial charge is 0.390 e. The van der Waals surface area contributed by atoms with Crippen LogP contribution in [0.25, 0.3) is 0 Å². The van der Waals surface area contributed by atoms with E-state index in [0.717, 1.165) is 25.7 Å². The molecule has 0 heterocycles. The summed E-state index contributed by atoms with van der Waals surface area (Å²) in [5.74, 6) is 0. The van der Waals surface area contributed by atoms with Gasteiger partial charge in [-0.3, -0.25) is 0 Å². The summed E-state index contributed by atoms with van der Waals surface area (Å²) in [5, 5.41) is 20.8. The summed E-state index contributed by atoms with van der Waals surface area (Å²) in [6.07, 6.45) is 21.4. The average molecular weight is 357 g/mol. The Bertz CT molecular complexity index is 243. The van der Waals surface area contributed by atoms with Crippen LogP contribution in [0.1, 0.15) is 136 Å². The standard InChI is InChI=1S/C23H48O2/c1-4-6-8-10-12-14-16-18-20-23(25,22(3)24)21-19-17-15-13-11-9-7-5-2/h22,24-25H,4-21H2,1-3H3. The van der Waals surface area contributed by atoms with Gasteiger partial charge in [-0.2, -0.15) is 0 Å². The molecule has 152 valence electrons. The van der Waals surface area contributed by atoms with Crippen molar-refractivity contribution < 1.29 is 10.2 Å². The highest BCUT2D eigenvalue weighted by molar-refractivity contribution is 4.83. The molecule has 2 N–H and O–H groups in total. The van der Waals surface area contributed by atoms with Crippen LogP contribution in [-0.4, -0.2) is 21.9 Å². The number of hydrogen-bond donors (Lipinski definition) is 2. The number of aliphatic hydroxyl groups is 2. The quantitative estimate of drug-likeness (QED) is 0.241. The molecular formula is C23H48O2. The molecule has 0 fully saturated rings. The summed E-state index contributed by atoms with van der Waals surface area (Å²) in [5.41, 5.74) is -0.857. The summed E-state index contributed by atoms with van der Waals surface area (Å²) in [6.45, 7) is 6.27. The molecule has 2 nitrogen and oxygen atoms in total. The molecule has 1 atom stereocenters. The summed E-state index contributed by atoms with van der Waals surface area (Å²) in [6, 6.07) is 0. The molecule has 1 unspecified atom stereocenters. The summed E-state index contributed by atoms with van der Waals surface area (Å²) in [4.78, 5) is 0. The Labute approximate surface area is 158 Å². The van der Waals surface area contributed by atoms with Gasteiger partial charge in [-0.15, -0.1) is 0 Å². The van der Waals surface area contributed by atoms with Crippen LogP contribution in [0.5, 0.6) is 0 Å². The van der Waals surface area contributed by atoms with Crippen LogP contribution in [0.4, 0.5) is 0 Å². The number of aliphatic hydroxyl groups excluding tert-OH is 1. The number of unbranched alkanes of at least 4 members (excludes halogenated alkanes) is 14. The highest BCUT2D eigenvalue weighted by Gasteiger charge is 2.31. The molecule has 0 aliphatic heterocycles. The monoisotopic (exact) mass is 356 g/mol. The van der Waals surface area contributed by atoms with Gasteiger partial charge in [0.1, 0.15) is 0 Å². The van der Waals surface area contributed by atoms with Gasteiger partial charge in [0, 0.05) is 0 Å². The lowest BCUT2D eigenvalue weighted by Crippen LogP contribution is -2.40. The third-order valence-electron chi connectivity index (χ3n) is 5.70. The van der Waals surface area contributed by atoms with E-state index in [2.05, 4.69) is 13.8 Å². The molecule has 0 rings (SSSR count). The van der Waals surface area contributed by atoms with E-state index in [1.165, 1.54) is 89.9 Å². The molecule has 0 saturated carbocycles. The molecule has 0 saturated heterocycles. The van der Waals surface area contributed by atoms with Crippen molar-refractivity contribution in [2.75, 3.05) is 0 Å². The molecule has 2 heteroatoms. The van der Waals surface area contributed by atoms with Crippen molar-refractivity contribution in [1.82, 2.24) is 0 Å². The molecule has 0 aromatic carbocycles. The molecule has 25 heavy (non-hydrogen) atoms. The first-order valence-electron chi connectivity index (χ1n) is 11.5. The fraction of sp³-hybridized carbons (Fsp3) is 1.00. The van der Waals surface area contributed by atoms with Crippen LogP contribution >= 0.6 is 0 Å². The van der Waals surface area contributed by atoms with Gasteiger partial charge < -0.3 is 10.2 Å². The highest BCUT2D eigenvalue weighted by atomic mass is 16.3. The lowest BCUT2D eigenvalue weighted by Gasteiger charge is -2.31. The first-order valence-corrected chi connectivity index (χ1v) is 11.5. The van der Waals surface area contributed by atoms with Crippen LogP contribution in [0.3, 0.4) is 0 Å². The maximum atomic E-state index is 10.8. The van der Waals surface area contributed by atoms with Crippen LogP contribution in [0.2, 0.25) is 0 Å². The minimum absolute atomic E-state index is 0.610. The van der Waals surface area contributed by atoms with E-state index in [0.29, 0.717) is 0 Å². The topological polar surface area (TPSA) is 40.5 Å². The third-order valence-corrected chi connectivity index (χ3v) is 5.70. The van der Waals surface area contributed by atoms with E-state index in [4.69, 9.17) is 0 Å². The van der Waals surface area contributed by atoms with Crippen molar-refractivity contribution in [3.8, 4) is 0 Å². The summed E-state index contributed by atoms with van der Waals surface area (Å²) >= 11 is 0. The fourth-order valence-electron chi connectivity index (χ4n) is 3.67. The maximum absolute atomic E-state index is 10.8. The maximum Gasteiger partial charge on any atom is 0.0902 e. The zero-order chi connectivity index (χ0) is 18.8. The Morgan fingerprint density at radius 3 is 1.12 bits per heavy atom. The molecule has 0 aliphatic carbocycles. The van der Waals surface area contributed by atoms with Gasteiger partial charge >= 0.3 is 0 Å². The van der Waals surface area contributed by atoms with E-state index in [1.807, 2.05) is 0 Å². The molecule has 0 aromatic heterocycles. The molecule has 0 bridgehead atoms. The van der Waals surface area contributed by atoms with Crippen LogP contribution in [0.15, 0.2) is 0 Å². The van der Waals surface area contributed by atoms with Gasteiger partial charge in [0.25, 0.3) is 0 Å². The Kier molecular flexibility index (Phi) is 17.3. The van der Waals surface area contributed by atoms with Crippen molar-refractivity contribution in [1.29, 1.82) is 0 Å². The lowest BCUT2D eigenvalue weighted by atomic mass is 9.85. The molecular weight excluding hydrogens is 308 g/mol. The molecule has 0 aliphatic rings. The van der Waals surface area contributed by atoms with E-state index in [9.17, 15) is 10.2 Å². The fourth-order valence-corrected chi connectivity index (χ4v) is 3.67. The average Bonchev–Trinajstić information content (AvgIpc) is 2.59. The molecule has 0 amide bonds. The van der Waals surface area contributed by atoms with E-state index >= 15 is 0 Å². The van der Waals surface area contributed by atoms with Crippen LogP contribution in [-0.2, 0) is 0 Å².